The van der Waals surface area contributed by atoms with Gasteiger partial charge in [0.1, 0.15) is 0 Å². The highest BCUT2D eigenvalue weighted by Gasteiger charge is 2.25. The molecule has 2 atom stereocenters. The Morgan fingerprint density at radius 1 is 1.50 bits per heavy atom. The molecule has 2 rings (SSSR count). The molecule has 0 bridgehead atoms. The molecule has 0 heterocycles. The van der Waals surface area contributed by atoms with Gasteiger partial charge in [0.05, 0.1) is 4.92 Å². The molecule has 1 fully saturated rings. The van der Waals surface area contributed by atoms with Gasteiger partial charge in [-0.15, -0.1) is 0 Å². The fourth-order valence-corrected chi connectivity index (χ4v) is 3.43. The lowest BCUT2D eigenvalue weighted by molar-refractivity contribution is -0.384. The molecule has 4 nitrogen and oxygen atoms in total. The van der Waals surface area contributed by atoms with Gasteiger partial charge in [0, 0.05) is 30.0 Å². The predicted molar refractivity (Wildman–Crippen MR) is 74.9 cm³/mol. The summed E-state index contributed by atoms with van der Waals surface area (Å²) in [6.07, 6.45) is 5.91. The van der Waals surface area contributed by atoms with Gasteiger partial charge in [0.2, 0.25) is 0 Å². The number of nitro benzene ring substituents is 1. The van der Waals surface area contributed by atoms with Crippen LogP contribution in [-0.2, 0) is 6.54 Å². The second-order valence-corrected chi connectivity index (χ2v) is 5.70. The topological polar surface area (TPSA) is 55.2 Å². The monoisotopic (exact) mass is 266 g/mol. The summed E-state index contributed by atoms with van der Waals surface area (Å²) in [5.74, 6) is 0. The minimum absolute atomic E-state index is 0.169. The Morgan fingerprint density at radius 2 is 2.33 bits per heavy atom. The molecule has 0 aliphatic heterocycles. The van der Waals surface area contributed by atoms with Crippen LogP contribution >= 0.6 is 11.8 Å². The summed E-state index contributed by atoms with van der Waals surface area (Å²) >= 11 is 1.91. The zero-order valence-corrected chi connectivity index (χ0v) is 11.3. The highest BCUT2D eigenvalue weighted by molar-refractivity contribution is 7.99. The van der Waals surface area contributed by atoms with Gasteiger partial charge in [-0.05, 0) is 24.7 Å². The molecule has 1 saturated carbocycles. The van der Waals surface area contributed by atoms with Crippen molar-refractivity contribution in [2.45, 2.75) is 37.1 Å². The number of hydrogen-bond acceptors (Lipinski definition) is 4. The van der Waals surface area contributed by atoms with Crippen molar-refractivity contribution in [3.05, 3.63) is 39.9 Å². The molecule has 1 N–H and O–H groups in total. The van der Waals surface area contributed by atoms with E-state index in [-0.39, 0.29) is 10.6 Å². The first kappa shape index (κ1) is 13.4. The Bertz CT molecular complexity index is 425. The molecule has 0 aromatic heterocycles. The van der Waals surface area contributed by atoms with Crippen molar-refractivity contribution in [2.24, 2.45) is 0 Å². The first-order valence-electron chi connectivity index (χ1n) is 6.20. The van der Waals surface area contributed by atoms with Crippen LogP contribution in [0.15, 0.2) is 24.3 Å². The molecule has 2 unspecified atom stereocenters. The van der Waals surface area contributed by atoms with E-state index in [0.29, 0.717) is 17.8 Å². The van der Waals surface area contributed by atoms with Crippen LogP contribution < -0.4 is 5.32 Å². The van der Waals surface area contributed by atoms with Gasteiger partial charge in [-0.1, -0.05) is 18.6 Å². The van der Waals surface area contributed by atoms with Crippen LogP contribution in [0.5, 0.6) is 0 Å². The average molecular weight is 266 g/mol. The number of non-ortho nitro benzene ring substituents is 1. The van der Waals surface area contributed by atoms with Gasteiger partial charge in [-0.3, -0.25) is 10.1 Å². The fourth-order valence-electron chi connectivity index (χ4n) is 2.47. The first-order valence-corrected chi connectivity index (χ1v) is 7.49. The van der Waals surface area contributed by atoms with Crippen LogP contribution in [0.2, 0.25) is 0 Å². The predicted octanol–water partition coefficient (Wildman–Crippen LogP) is 2.97. The lowest BCUT2D eigenvalue weighted by Crippen LogP contribution is -2.33. The summed E-state index contributed by atoms with van der Waals surface area (Å²) < 4.78 is 0. The number of nitrogens with one attached hydrogen (secondary N) is 1. The van der Waals surface area contributed by atoms with E-state index in [1.807, 2.05) is 17.8 Å². The van der Waals surface area contributed by atoms with Gasteiger partial charge in [-0.25, -0.2) is 0 Å². The molecule has 0 amide bonds. The Morgan fingerprint density at radius 3 is 3.06 bits per heavy atom. The quantitative estimate of drug-likeness (QED) is 0.657. The van der Waals surface area contributed by atoms with Crippen LogP contribution in [-0.4, -0.2) is 22.5 Å². The minimum Gasteiger partial charge on any atom is -0.309 e. The number of nitrogens with zero attached hydrogens (tertiary/aromatic N) is 1. The summed E-state index contributed by atoms with van der Waals surface area (Å²) in [6, 6.07) is 7.40. The number of rotatable bonds is 5. The van der Waals surface area contributed by atoms with Crippen LogP contribution in [0.3, 0.4) is 0 Å². The van der Waals surface area contributed by atoms with E-state index in [1.54, 1.807) is 12.1 Å². The molecule has 1 aromatic rings. The molecule has 1 aliphatic rings. The van der Waals surface area contributed by atoms with E-state index in [9.17, 15) is 10.1 Å². The lowest BCUT2D eigenvalue weighted by atomic mass is 10.1. The van der Waals surface area contributed by atoms with Crippen LogP contribution in [0, 0.1) is 10.1 Å². The third-order valence-corrected chi connectivity index (χ3v) is 4.61. The smallest absolute Gasteiger partial charge is 0.269 e. The molecule has 5 heteroatoms. The van der Waals surface area contributed by atoms with E-state index >= 15 is 0 Å². The standard InChI is InChI=1S/C13H18N2O2S/c1-18-13-7-3-6-12(13)14-9-10-4-2-5-11(8-10)15(16)17/h2,4-5,8,12-14H,3,6-7,9H2,1H3. The van der Waals surface area contributed by atoms with Crippen molar-refractivity contribution in [1.82, 2.24) is 5.32 Å². The maximum atomic E-state index is 10.7. The third kappa shape index (κ3) is 3.23. The summed E-state index contributed by atoms with van der Waals surface area (Å²) in [6.45, 7) is 0.712. The van der Waals surface area contributed by atoms with Gasteiger partial charge in [0.25, 0.3) is 5.69 Å². The van der Waals surface area contributed by atoms with E-state index in [0.717, 1.165) is 5.56 Å². The highest BCUT2D eigenvalue weighted by atomic mass is 32.2. The maximum Gasteiger partial charge on any atom is 0.269 e. The van der Waals surface area contributed by atoms with Crippen LogP contribution in [0.1, 0.15) is 24.8 Å². The number of nitro groups is 1. The molecular weight excluding hydrogens is 248 g/mol. The van der Waals surface area contributed by atoms with Crippen molar-refractivity contribution >= 4 is 17.4 Å². The minimum atomic E-state index is -0.343. The second-order valence-electron chi connectivity index (χ2n) is 4.62. The van der Waals surface area contributed by atoms with Crippen molar-refractivity contribution in [1.29, 1.82) is 0 Å². The third-order valence-electron chi connectivity index (χ3n) is 3.45. The van der Waals surface area contributed by atoms with Crippen molar-refractivity contribution in [3.63, 3.8) is 0 Å². The van der Waals surface area contributed by atoms with Gasteiger partial charge < -0.3 is 5.32 Å². The second kappa shape index (κ2) is 6.20. The molecule has 1 aliphatic carbocycles. The Balaban J connectivity index is 1.93. The molecule has 0 spiro atoms. The molecule has 1 aromatic carbocycles. The van der Waals surface area contributed by atoms with Gasteiger partial charge in [-0.2, -0.15) is 11.8 Å². The summed E-state index contributed by atoms with van der Waals surface area (Å²) in [5, 5.41) is 14.9. The van der Waals surface area contributed by atoms with E-state index in [4.69, 9.17) is 0 Å². The van der Waals surface area contributed by atoms with E-state index in [1.165, 1.54) is 25.3 Å². The average Bonchev–Trinajstić information content (AvgIpc) is 2.84. The van der Waals surface area contributed by atoms with Gasteiger partial charge >= 0.3 is 0 Å². The van der Waals surface area contributed by atoms with Crippen molar-refractivity contribution in [2.75, 3.05) is 6.26 Å². The Hall–Kier alpha value is -1.07. The van der Waals surface area contributed by atoms with E-state index < -0.39 is 0 Å². The van der Waals surface area contributed by atoms with Crippen LogP contribution in [0.25, 0.3) is 0 Å². The number of benzene rings is 1. The molecule has 18 heavy (non-hydrogen) atoms. The van der Waals surface area contributed by atoms with E-state index in [2.05, 4.69) is 11.6 Å². The molecular formula is C13H18N2O2S. The number of thioether (sulfide) groups is 1. The Labute approximate surface area is 111 Å². The van der Waals surface area contributed by atoms with Crippen LogP contribution in [0.4, 0.5) is 5.69 Å². The lowest BCUT2D eigenvalue weighted by Gasteiger charge is -2.19. The van der Waals surface area contributed by atoms with Crippen molar-refractivity contribution < 1.29 is 4.92 Å². The summed E-state index contributed by atoms with van der Waals surface area (Å²) in [7, 11) is 0. The SMILES string of the molecule is CSC1CCCC1NCc1cccc([N+](=O)[O-])c1. The fraction of sp³-hybridized carbons (Fsp3) is 0.538. The normalized spacial score (nSPS) is 23.2. The maximum absolute atomic E-state index is 10.7. The zero-order valence-electron chi connectivity index (χ0n) is 10.5. The Kier molecular flexibility index (Phi) is 4.60. The molecule has 0 radical (unpaired) electrons. The number of hydrogen-bond donors (Lipinski definition) is 1. The highest BCUT2D eigenvalue weighted by Crippen LogP contribution is 2.28. The zero-order chi connectivity index (χ0) is 13.0. The summed E-state index contributed by atoms with van der Waals surface area (Å²) in [4.78, 5) is 10.4. The largest absolute Gasteiger partial charge is 0.309 e. The van der Waals surface area contributed by atoms with Gasteiger partial charge in [0.15, 0.2) is 0 Å². The molecule has 0 saturated heterocycles. The van der Waals surface area contributed by atoms with Crippen molar-refractivity contribution in [3.8, 4) is 0 Å². The molecule has 98 valence electrons. The first-order chi connectivity index (χ1) is 8.70. The summed E-state index contributed by atoms with van der Waals surface area (Å²) in [5.41, 5.74) is 1.15.